The standard InChI is InChI=1S/C10H18O.2ClH.Ru/c1-8(2)11-10-7-5-4-6-9(10)3;;;/h3,8-10H,4-7H2,1-2H3;2*1H;/q;;;+2/p-2. The minimum absolute atomic E-state index is 0.306. The van der Waals surface area contributed by atoms with Crippen molar-refractivity contribution in [2.24, 2.45) is 5.92 Å². The Hall–Kier alpha value is 1.03. The van der Waals surface area contributed by atoms with Crippen molar-refractivity contribution >= 4 is 24.0 Å². The van der Waals surface area contributed by atoms with E-state index in [4.69, 9.17) is 24.1 Å². The zero-order valence-electron chi connectivity index (χ0n) is 8.66. The van der Waals surface area contributed by atoms with Crippen molar-refractivity contribution in [3.63, 3.8) is 0 Å². The van der Waals surface area contributed by atoms with E-state index in [1.54, 1.807) is 0 Å². The average Bonchev–Trinajstić information content (AvgIpc) is 2.06. The van der Waals surface area contributed by atoms with Gasteiger partial charge in [0.05, 0.1) is 0 Å². The van der Waals surface area contributed by atoms with Gasteiger partial charge in [0.15, 0.2) is 0 Å². The molecule has 1 aliphatic carbocycles. The van der Waals surface area contributed by atoms with Crippen molar-refractivity contribution in [2.75, 3.05) is 0 Å². The maximum atomic E-state index is 5.91. The number of hydrogen-bond donors (Lipinski definition) is 0. The fourth-order valence-corrected chi connectivity index (χ4v) is 4.47. The van der Waals surface area contributed by atoms with Crippen LogP contribution in [0.25, 0.3) is 0 Å². The first-order valence-electron chi connectivity index (χ1n) is 5.08. The normalized spacial score (nSPS) is 29.1. The van der Waals surface area contributed by atoms with Gasteiger partial charge >= 0.3 is 99.9 Å². The van der Waals surface area contributed by atoms with E-state index < -0.39 is 13.5 Å². The van der Waals surface area contributed by atoms with Crippen LogP contribution in [-0.2, 0) is 18.3 Å². The molecule has 1 nitrogen and oxygen atoms in total. The molecule has 1 rings (SSSR count). The van der Waals surface area contributed by atoms with Gasteiger partial charge in [-0.3, -0.25) is 0 Å². The first kappa shape index (κ1) is 13.1. The summed E-state index contributed by atoms with van der Waals surface area (Å²) in [4.78, 5) is 0. The quantitative estimate of drug-likeness (QED) is 0.719. The molecule has 14 heavy (non-hydrogen) atoms. The Balaban J connectivity index is 2.54. The maximum absolute atomic E-state index is 5.91. The topological polar surface area (TPSA) is 9.23 Å². The Morgan fingerprint density at radius 2 is 1.93 bits per heavy atom. The third-order valence-electron chi connectivity index (χ3n) is 2.44. The third kappa shape index (κ3) is 4.70. The molecule has 0 aromatic rings. The molecule has 0 aliphatic heterocycles. The van der Waals surface area contributed by atoms with Crippen molar-refractivity contribution < 1.29 is 18.3 Å². The second kappa shape index (κ2) is 6.58. The molecular formula is C10H18Cl2ORu. The molecule has 2 unspecified atom stereocenters. The van der Waals surface area contributed by atoms with Gasteiger partial charge in [-0.25, -0.2) is 0 Å². The zero-order valence-corrected chi connectivity index (χ0v) is 11.9. The summed E-state index contributed by atoms with van der Waals surface area (Å²) in [5, 5.41) is 0. The van der Waals surface area contributed by atoms with Gasteiger partial charge in [0.25, 0.3) is 0 Å². The SMILES string of the molecule is CC(C)OC1CCCCC1[CH]=[Ru]([Cl])[Cl]. The van der Waals surface area contributed by atoms with Crippen molar-refractivity contribution in [2.45, 2.75) is 51.7 Å². The molecule has 0 amide bonds. The van der Waals surface area contributed by atoms with Crippen LogP contribution < -0.4 is 0 Å². The fourth-order valence-electron chi connectivity index (χ4n) is 1.89. The summed E-state index contributed by atoms with van der Waals surface area (Å²) in [5.74, 6) is 0.500. The van der Waals surface area contributed by atoms with Gasteiger partial charge < -0.3 is 0 Å². The molecule has 0 aromatic heterocycles. The summed E-state index contributed by atoms with van der Waals surface area (Å²) in [6, 6.07) is 0. The van der Waals surface area contributed by atoms with E-state index in [9.17, 15) is 0 Å². The Morgan fingerprint density at radius 1 is 1.29 bits per heavy atom. The van der Waals surface area contributed by atoms with Crippen LogP contribution in [0, 0.1) is 5.92 Å². The summed E-state index contributed by atoms with van der Waals surface area (Å²) >= 11 is -1.63. The molecule has 0 heterocycles. The van der Waals surface area contributed by atoms with Gasteiger partial charge in [-0.2, -0.15) is 0 Å². The van der Waals surface area contributed by atoms with Crippen LogP contribution in [0.1, 0.15) is 39.5 Å². The third-order valence-corrected chi connectivity index (χ3v) is 4.68. The number of hydrogen-bond acceptors (Lipinski definition) is 1. The van der Waals surface area contributed by atoms with E-state index in [-0.39, 0.29) is 0 Å². The molecule has 1 saturated carbocycles. The summed E-state index contributed by atoms with van der Waals surface area (Å²) < 4.78 is 8.03. The molecule has 0 radical (unpaired) electrons. The van der Waals surface area contributed by atoms with E-state index in [0.717, 1.165) is 6.42 Å². The fraction of sp³-hybridized carbons (Fsp3) is 0.900. The first-order chi connectivity index (χ1) is 6.59. The van der Waals surface area contributed by atoms with Crippen LogP contribution in [-0.4, -0.2) is 16.8 Å². The predicted octanol–water partition coefficient (Wildman–Crippen LogP) is 3.70. The van der Waals surface area contributed by atoms with E-state index in [2.05, 4.69) is 18.5 Å². The zero-order chi connectivity index (χ0) is 10.6. The first-order valence-corrected chi connectivity index (χ1v) is 10.6. The summed E-state index contributed by atoms with van der Waals surface area (Å²) in [7, 11) is 11.8. The van der Waals surface area contributed by atoms with Crippen LogP contribution in [0.5, 0.6) is 0 Å². The molecule has 0 bridgehead atoms. The van der Waals surface area contributed by atoms with Crippen LogP contribution in [0.2, 0.25) is 0 Å². The Kier molecular flexibility index (Phi) is 6.16. The molecule has 4 heteroatoms. The van der Waals surface area contributed by atoms with Gasteiger partial charge in [0.1, 0.15) is 0 Å². The summed E-state index contributed by atoms with van der Waals surface area (Å²) in [6.07, 6.45) is 5.59. The monoisotopic (exact) mass is 326 g/mol. The molecule has 0 spiro atoms. The Morgan fingerprint density at radius 3 is 2.50 bits per heavy atom. The number of halogens is 2. The van der Waals surface area contributed by atoms with Gasteiger partial charge in [-0.15, -0.1) is 0 Å². The van der Waals surface area contributed by atoms with Crippen LogP contribution in [0.15, 0.2) is 0 Å². The van der Waals surface area contributed by atoms with E-state index in [0.29, 0.717) is 18.1 Å². The van der Waals surface area contributed by atoms with Gasteiger partial charge in [-0.05, 0) is 0 Å². The van der Waals surface area contributed by atoms with Crippen LogP contribution in [0.4, 0.5) is 0 Å². The Bertz CT molecular complexity index is 202. The second-order valence-corrected chi connectivity index (χ2v) is 9.80. The molecule has 1 fully saturated rings. The molecule has 0 N–H and O–H groups in total. The summed E-state index contributed by atoms with van der Waals surface area (Å²) in [5.41, 5.74) is 0. The van der Waals surface area contributed by atoms with Crippen LogP contribution >= 0.6 is 19.4 Å². The van der Waals surface area contributed by atoms with E-state index in [1.807, 2.05) is 0 Å². The number of rotatable bonds is 3. The number of ether oxygens (including phenoxy) is 1. The molecule has 0 saturated heterocycles. The summed E-state index contributed by atoms with van der Waals surface area (Å²) in [6.45, 7) is 4.17. The molecule has 0 aromatic carbocycles. The molecule has 86 valence electrons. The minimum atomic E-state index is -1.63. The Labute approximate surface area is 99.6 Å². The van der Waals surface area contributed by atoms with Crippen LogP contribution in [0.3, 0.4) is 0 Å². The second-order valence-electron chi connectivity index (χ2n) is 3.99. The molecule has 2 atom stereocenters. The van der Waals surface area contributed by atoms with E-state index in [1.165, 1.54) is 19.3 Å². The molecular weight excluding hydrogens is 308 g/mol. The van der Waals surface area contributed by atoms with Crippen molar-refractivity contribution in [3.8, 4) is 0 Å². The average molecular weight is 326 g/mol. The van der Waals surface area contributed by atoms with Gasteiger partial charge in [0, 0.05) is 0 Å². The van der Waals surface area contributed by atoms with Crippen molar-refractivity contribution in [1.29, 1.82) is 0 Å². The van der Waals surface area contributed by atoms with E-state index >= 15 is 0 Å². The van der Waals surface area contributed by atoms with Crippen molar-refractivity contribution in [1.82, 2.24) is 0 Å². The van der Waals surface area contributed by atoms with Crippen molar-refractivity contribution in [3.05, 3.63) is 0 Å². The van der Waals surface area contributed by atoms with Gasteiger partial charge in [-0.1, -0.05) is 0 Å². The van der Waals surface area contributed by atoms with Gasteiger partial charge in [0.2, 0.25) is 0 Å². The molecule has 1 aliphatic rings. The predicted molar refractivity (Wildman–Crippen MR) is 59.7 cm³/mol.